The fourth-order valence-electron chi connectivity index (χ4n) is 3.98. The van der Waals surface area contributed by atoms with Gasteiger partial charge in [0.1, 0.15) is 17.5 Å². The molecule has 2 rings (SSSR count). The second-order valence-corrected chi connectivity index (χ2v) is 10.9. The van der Waals surface area contributed by atoms with Crippen molar-refractivity contribution in [2.45, 2.75) is 58.4 Å². The van der Waals surface area contributed by atoms with E-state index in [0.717, 1.165) is 5.56 Å². The maximum Gasteiger partial charge on any atom is 0.344 e. The van der Waals surface area contributed by atoms with Crippen LogP contribution in [-0.2, 0) is 40.9 Å². The van der Waals surface area contributed by atoms with Crippen LogP contribution in [-0.4, -0.2) is 72.3 Å². The van der Waals surface area contributed by atoms with Crippen molar-refractivity contribution in [3.05, 3.63) is 59.7 Å². The number of amides is 2. The lowest BCUT2D eigenvalue weighted by atomic mass is 10.0. The molecule has 2 aromatic carbocycles. The minimum atomic E-state index is -1.25. The van der Waals surface area contributed by atoms with Crippen LogP contribution in [0.5, 0.6) is 11.5 Å². The fraction of sp³-hybridized carbons (Fsp3) is 0.452. The van der Waals surface area contributed by atoms with Gasteiger partial charge in [-0.2, -0.15) is 0 Å². The molecule has 3 N–H and O–H groups in total. The van der Waals surface area contributed by atoms with Gasteiger partial charge in [-0.05, 0) is 43.5 Å². The molecular formula is C31H40N2O9S. The van der Waals surface area contributed by atoms with E-state index in [-0.39, 0.29) is 31.3 Å². The standard InChI is InChI=1S/C31H40N2O9S/c1-5-40-26-13-12-23(42-17-29(38)41-6-2)14-22(26)15-27(35)33-30(20(3)4)31(39)32-24(16-28(36)37)25(34)19-43-18-21-10-8-7-9-11-21/h7-14,20,24,30H,5-6,15-19H2,1-4H3,(H,32,39)(H,33,35)(H,36,37)/t24?,30-/m0/s1. The van der Waals surface area contributed by atoms with Crippen molar-refractivity contribution in [1.29, 1.82) is 0 Å². The predicted molar refractivity (Wildman–Crippen MR) is 162 cm³/mol. The summed E-state index contributed by atoms with van der Waals surface area (Å²) in [6.45, 7) is 7.20. The quantitative estimate of drug-likeness (QED) is 0.200. The van der Waals surface area contributed by atoms with Crippen molar-refractivity contribution in [1.82, 2.24) is 10.6 Å². The Morgan fingerprint density at radius 3 is 2.28 bits per heavy atom. The summed E-state index contributed by atoms with van der Waals surface area (Å²) in [5.74, 6) is -2.38. The van der Waals surface area contributed by atoms with Crippen molar-refractivity contribution in [3.8, 4) is 11.5 Å². The van der Waals surface area contributed by atoms with Crippen LogP contribution in [0.15, 0.2) is 48.5 Å². The van der Waals surface area contributed by atoms with E-state index in [1.165, 1.54) is 11.8 Å². The Labute approximate surface area is 256 Å². The van der Waals surface area contributed by atoms with Crippen LogP contribution in [0.3, 0.4) is 0 Å². The van der Waals surface area contributed by atoms with Crippen molar-refractivity contribution < 1.29 is 43.3 Å². The van der Waals surface area contributed by atoms with Crippen LogP contribution < -0.4 is 20.1 Å². The molecular weight excluding hydrogens is 576 g/mol. The zero-order chi connectivity index (χ0) is 31.8. The number of thioether (sulfide) groups is 1. The summed E-state index contributed by atoms with van der Waals surface area (Å²) < 4.78 is 16.0. The Morgan fingerprint density at radius 1 is 0.930 bits per heavy atom. The van der Waals surface area contributed by atoms with Gasteiger partial charge >= 0.3 is 11.9 Å². The first-order valence-electron chi connectivity index (χ1n) is 14.0. The van der Waals surface area contributed by atoms with Crippen molar-refractivity contribution in [3.63, 3.8) is 0 Å². The van der Waals surface area contributed by atoms with Crippen LogP contribution in [0.25, 0.3) is 0 Å². The molecule has 11 nitrogen and oxygen atoms in total. The minimum absolute atomic E-state index is 0.0145. The molecule has 0 bridgehead atoms. The topological polar surface area (TPSA) is 157 Å². The van der Waals surface area contributed by atoms with E-state index in [0.29, 0.717) is 29.4 Å². The monoisotopic (exact) mass is 616 g/mol. The van der Waals surface area contributed by atoms with E-state index in [2.05, 4.69) is 10.6 Å². The maximum atomic E-state index is 13.2. The summed E-state index contributed by atoms with van der Waals surface area (Å²) in [5, 5.41) is 14.6. The molecule has 0 spiro atoms. The molecule has 2 amide bonds. The number of carbonyl (C=O) groups excluding carboxylic acids is 4. The molecule has 0 saturated carbocycles. The first-order valence-corrected chi connectivity index (χ1v) is 15.2. The van der Waals surface area contributed by atoms with E-state index in [1.54, 1.807) is 45.9 Å². The normalized spacial score (nSPS) is 12.1. The Morgan fingerprint density at radius 2 is 1.65 bits per heavy atom. The first-order chi connectivity index (χ1) is 20.5. The van der Waals surface area contributed by atoms with Gasteiger partial charge in [0.05, 0.1) is 37.9 Å². The molecule has 0 aromatic heterocycles. The van der Waals surface area contributed by atoms with E-state index >= 15 is 0 Å². The molecule has 0 aliphatic rings. The van der Waals surface area contributed by atoms with Crippen LogP contribution in [0.2, 0.25) is 0 Å². The van der Waals surface area contributed by atoms with Gasteiger partial charge in [0.25, 0.3) is 0 Å². The number of nitrogens with one attached hydrogen (secondary N) is 2. The number of carbonyl (C=O) groups is 5. The van der Waals surface area contributed by atoms with Crippen LogP contribution >= 0.6 is 11.8 Å². The number of hydrogen-bond donors (Lipinski definition) is 3. The first kappa shape index (κ1) is 35.1. The summed E-state index contributed by atoms with van der Waals surface area (Å²) in [7, 11) is 0. The number of carboxylic acid groups (broad SMARTS) is 1. The summed E-state index contributed by atoms with van der Waals surface area (Å²) in [4.78, 5) is 62.3. The van der Waals surface area contributed by atoms with E-state index in [1.807, 2.05) is 30.3 Å². The van der Waals surface area contributed by atoms with Crippen LogP contribution in [0.4, 0.5) is 0 Å². The Bertz CT molecular complexity index is 1240. The maximum absolute atomic E-state index is 13.2. The molecule has 0 radical (unpaired) electrons. The fourth-order valence-corrected chi connectivity index (χ4v) is 4.92. The molecule has 43 heavy (non-hydrogen) atoms. The lowest BCUT2D eigenvalue weighted by Gasteiger charge is -2.25. The van der Waals surface area contributed by atoms with Crippen LogP contribution in [0.1, 0.15) is 45.2 Å². The van der Waals surface area contributed by atoms with Crippen molar-refractivity contribution >= 4 is 41.3 Å². The van der Waals surface area contributed by atoms with Crippen LogP contribution in [0, 0.1) is 5.92 Å². The minimum Gasteiger partial charge on any atom is -0.494 e. The Balaban J connectivity index is 2.08. The SMILES string of the molecule is CCOC(=O)COc1ccc(OCC)c(CC(=O)N[C@H](C(=O)NC(CC(=O)O)C(=O)CSCc2ccccc2)C(C)C)c1. The van der Waals surface area contributed by atoms with Gasteiger partial charge in [0, 0.05) is 11.3 Å². The third kappa shape index (κ3) is 12.8. The molecule has 234 valence electrons. The van der Waals surface area contributed by atoms with Gasteiger partial charge in [-0.15, -0.1) is 11.8 Å². The number of esters is 1. The molecule has 0 fully saturated rings. The number of ether oxygens (including phenoxy) is 3. The number of ketones is 1. The van der Waals surface area contributed by atoms with Gasteiger partial charge < -0.3 is 30.0 Å². The molecule has 12 heteroatoms. The third-order valence-corrected chi connectivity index (χ3v) is 7.08. The number of benzene rings is 2. The van der Waals surface area contributed by atoms with E-state index in [4.69, 9.17) is 14.2 Å². The van der Waals surface area contributed by atoms with Crippen molar-refractivity contribution in [2.75, 3.05) is 25.6 Å². The average molecular weight is 617 g/mol. The third-order valence-electron chi connectivity index (χ3n) is 6.05. The average Bonchev–Trinajstić information content (AvgIpc) is 2.96. The highest BCUT2D eigenvalue weighted by Gasteiger charge is 2.30. The number of Topliss-reactive ketones (excluding diaryl/α,β-unsaturated/α-hetero) is 1. The Kier molecular flexibility index (Phi) is 15.1. The summed E-state index contributed by atoms with van der Waals surface area (Å²) in [6.07, 6.45) is -0.748. The van der Waals surface area contributed by atoms with Gasteiger partial charge in [-0.25, -0.2) is 4.79 Å². The molecule has 0 aliphatic carbocycles. The van der Waals surface area contributed by atoms with Gasteiger partial charge in [-0.1, -0.05) is 44.2 Å². The lowest BCUT2D eigenvalue weighted by Crippen LogP contribution is -2.54. The Hall–Kier alpha value is -4.06. The summed E-state index contributed by atoms with van der Waals surface area (Å²) in [6, 6.07) is 12.0. The van der Waals surface area contributed by atoms with E-state index < -0.39 is 48.0 Å². The van der Waals surface area contributed by atoms with Gasteiger partial charge in [-0.3, -0.25) is 19.2 Å². The number of aliphatic carboxylic acids is 1. The second-order valence-electron chi connectivity index (χ2n) is 9.87. The summed E-state index contributed by atoms with van der Waals surface area (Å²) >= 11 is 1.33. The van der Waals surface area contributed by atoms with E-state index in [9.17, 15) is 29.1 Å². The smallest absolute Gasteiger partial charge is 0.344 e. The number of carboxylic acids is 1. The molecule has 2 aromatic rings. The zero-order valence-electron chi connectivity index (χ0n) is 24.9. The molecule has 0 aliphatic heterocycles. The highest BCUT2D eigenvalue weighted by Crippen LogP contribution is 2.25. The predicted octanol–water partition coefficient (Wildman–Crippen LogP) is 3.17. The highest BCUT2D eigenvalue weighted by molar-refractivity contribution is 7.99. The highest BCUT2D eigenvalue weighted by atomic mass is 32.2. The lowest BCUT2D eigenvalue weighted by molar-refractivity contribution is -0.145. The molecule has 0 saturated heterocycles. The number of hydrogen-bond acceptors (Lipinski definition) is 9. The second kappa shape index (κ2) is 18.5. The van der Waals surface area contributed by atoms with Gasteiger partial charge in [0.15, 0.2) is 12.4 Å². The van der Waals surface area contributed by atoms with Crippen molar-refractivity contribution in [2.24, 2.45) is 5.92 Å². The number of rotatable bonds is 19. The zero-order valence-corrected chi connectivity index (χ0v) is 25.7. The van der Waals surface area contributed by atoms with Gasteiger partial charge in [0.2, 0.25) is 11.8 Å². The molecule has 2 atom stereocenters. The molecule has 0 heterocycles. The summed E-state index contributed by atoms with van der Waals surface area (Å²) in [5.41, 5.74) is 1.49. The largest absolute Gasteiger partial charge is 0.494 e. The molecule has 1 unspecified atom stereocenters.